The van der Waals surface area contributed by atoms with Crippen LogP contribution in [0.4, 0.5) is 0 Å². The number of ether oxygens (including phenoxy) is 1. The molecule has 3 atom stereocenters. The molecule has 0 saturated carbocycles. The summed E-state index contributed by atoms with van der Waals surface area (Å²) in [5.74, 6) is 0.759. The van der Waals surface area contributed by atoms with Crippen molar-refractivity contribution in [3.8, 4) is 0 Å². The molecule has 0 aliphatic carbocycles. The summed E-state index contributed by atoms with van der Waals surface area (Å²) in [6, 6.07) is 1.74. The summed E-state index contributed by atoms with van der Waals surface area (Å²) in [6.45, 7) is 11.9. The lowest BCUT2D eigenvalue weighted by molar-refractivity contribution is -0.00832. The highest BCUT2D eigenvalue weighted by atomic mass is 16.5. The summed E-state index contributed by atoms with van der Waals surface area (Å²) in [5, 5.41) is 3.60. The van der Waals surface area contributed by atoms with Gasteiger partial charge in [0.2, 0.25) is 0 Å². The lowest BCUT2D eigenvalue weighted by atomic mass is 9.97. The number of nitrogens with zero attached hydrogens (tertiary/aromatic N) is 1. The molecule has 1 heterocycles. The first kappa shape index (κ1) is 14.9. The maximum Gasteiger partial charge on any atom is 0.0637 e. The Morgan fingerprint density at radius 2 is 2.06 bits per heavy atom. The predicted octanol–water partition coefficient (Wildman–Crippen LogP) is 2.12. The summed E-state index contributed by atoms with van der Waals surface area (Å²) in [7, 11) is 2.25. The highest BCUT2D eigenvalue weighted by molar-refractivity contribution is 4.88. The maximum atomic E-state index is 5.65. The van der Waals surface area contributed by atoms with Gasteiger partial charge >= 0.3 is 0 Å². The van der Waals surface area contributed by atoms with Crippen LogP contribution in [0.1, 0.15) is 40.5 Å². The van der Waals surface area contributed by atoms with Crippen molar-refractivity contribution in [1.29, 1.82) is 0 Å². The van der Waals surface area contributed by atoms with Gasteiger partial charge in [0.15, 0.2) is 0 Å². The molecule has 1 N–H and O–H groups in total. The number of likely N-dealkylation sites (N-methyl/N-ethyl adjacent to an activating group) is 2. The van der Waals surface area contributed by atoms with E-state index in [2.05, 4.69) is 45.0 Å². The Morgan fingerprint density at radius 3 is 2.65 bits per heavy atom. The average molecular weight is 242 g/mol. The Kier molecular flexibility index (Phi) is 6.45. The van der Waals surface area contributed by atoms with Gasteiger partial charge in [-0.2, -0.15) is 0 Å². The smallest absolute Gasteiger partial charge is 0.0637 e. The van der Waals surface area contributed by atoms with E-state index in [4.69, 9.17) is 4.74 Å². The van der Waals surface area contributed by atoms with Crippen molar-refractivity contribution in [2.45, 2.75) is 58.7 Å². The maximum absolute atomic E-state index is 5.65. The predicted molar refractivity (Wildman–Crippen MR) is 73.4 cm³/mol. The highest BCUT2D eigenvalue weighted by Gasteiger charge is 2.30. The summed E-state index contributed by atoms with van der Waals surface area (Å²) in [5.41, 5.74) is 0. The third kappa shape index (κ3) is 4.57. The van der Waals surface area contributed by atoms with Crippen LogP contribution in [0, 0.1) is 5.92 Å². The van der Waals surface area contributed by atoms with Crippen LogP contribution in [-0.4, -0.2) is 49.8 Å². The minimum atomic E-state index is 0.525. The van der Waals surface area contributed by atoms with E-state index in [0.29, 0.717) is 18.1 Å². The summed E-state index contributed by atoms with van der Waals surface area (Å²) < 4.78 is 5.65. The molecule has 0 amide bonds. The number of rotatable bonds is 6. The largest absolute Gasteiger partial charge is 0.380 e. The number of hydrogen-bond acceptors (Lipinski definition) is 3. The zero-order valence-electron chi connectivity index (χ0n) is 12.2. The van der Waals surface area contributed by atoms with Crippen molar-refractivity contribution in [2.24, 2.45) is 5.92 Å². The quantitative estimate of drug-likeness (QED) is 0.772. The van der Waals surface area contributed by atoms with Crippen molar-refractivity contribution in [2.75, 3.05) is 26.8 Å². The molecule has 0 aromatic heterocycles. The molecule has 1 fully saturated rings. The summed E-state index contributed by atoms with van der Waals surface area (Å²) in [6.07, 6.45) is 2.39. The van der Waals surface area contributed by atoms with Crippen LogP contribution < -0.4 is 5.32 Å². The second-order valence-corrected chi connectivity index (χ2v) is 5.74. The fourth-order valence-corrected chi connectivity index (χ4v) is 2.80. The fraction of sp³-hybridized carbons (Fsp3) is 1.00. The summed E-state index contributed by atoms with van der Waals surface area (Å²) in [4.78, 5) is 2.51. The van der Waals surface area contributed by atoms with E-state index in [1.54, 1.807) is 0 Å². The Hall–Kier alpha value is -0.120. The van der Waals surface area contributed by atoms with E-state index in [0.717, 1.165) is 32.1 Å². The van der Waals surface area contributed by atoms with E-state index >= 15 is 0 Å². The monoisotopic (exact) mass is 242 g/mol. The van der Waals surface area contributed by atoms with E-state index in [1.165, 1.54) is 6.42 Å². The zero-order valence-corrected chi connectivity index (χ0v) is 12.2. The van der Waals surface area contributed by atoms with Crippen LogP contribution in [0.25, 0.3) is 0 Å². The Labute approximate surface area is 107 Å². The standard InChI is InChI=1S/C14H30N2O/c1-6-15-13-7-8-17-10-14(13)16(5)12(4)9-11(2)3/h11-15H,6-10H2,1-5H3. The zero-order chi connectivity index (χ0) is 12.8. The molecule has 0 aromatic rings. The van der Waals surface area contributed by atoms with Crippen molar-refractivity contribution < 1.29 is 4.74 Å². The van der Waals surface area contributed by atoms with Crippen LogP contribution in [0.5, 0.6) is 0 Å². The average Bonchev–Trinajstić information content (AvgIpc) is 2.28. The minimum absolute atomic E-state index is 0.525. The topological polar surface area (TPSA) is 24.5 Å². The molecule has 0 aromatic carbocycles. The molecule has 0 radical (unpaired) electrons. The van der Waals surface area contributed by atoms with Gasteiger partial charge in [-0.15, -0.1) is 0 Å². The van der Waals surface area contributed by atoms with E-state index in [-0.39, 0.29) is 0 Å². The molecule has 1 saturated heterocycles. The van der Waals surface area contributed by atoms with Gasteiger partial charge in [0.05, 0.1) is 6.61 Å². The molecule has 102 valence electrons. The highest BCUT2D eigenvalue weighted by Crippen LogP contribution is 2.18. The number of nitrogens with one attached hydrogen (secondary N) is 1. The van der Waals surface area contributed by atoms with Crippen LogP contribution in [-0.2, 0) is 4.74 Å². The van der Waals surface area contributed by atoms with E-state index in [9.17, 15) is 0 Å². The molecule has 3 unspecified atom stereocenters. The van der Waals surface area contributed by atoms with Crippen molar-refractivity contribution in [3.05, 3.63) is 0 Å². The molecule has 17 heavy (non-hydrogen) atoms. The first-order valence-electron chi connectivity index (χ1n) is 7.09. The molecule has 1 aliphatic heterocycles. The molecular weight excluding hydrogens is 212 g/mol. The van der Waals surface area contributed by atoms with Crippen LogP contribution in [0.3, 0.4) is 0 Å². The van der Waals surface area contributed by atoms with Crippen LogP contribution in [0.2, 0.25) is 0 Å². The fourth-order valence-electron chi connectivity index (χ4n) is 2.80. The van der Waals surface area contributed by atoms with Gasteiger partial charge in [0.1, 0.15) is 0 Å². The van der Waals surface area contributed by atoms with Gasteiger partial charge in [-0.3, -0.25) is 4.90 Å². The lowest BCUT2D eigenvalue weighted by Crippen LogP contribution is -2.56. The van der Waals surface area contributed by atoms with E-state index < -0.39 is 0 Å². The van der Waals surface area contributed by atoms with Crippen LogP contribution in [0.15, 0.2) is 0 Å². The first-order valence-corrected chi connectivity index (χ1v) is 7.09. The Bertz CT molecular complexity index is 206. The van der Waals surface area contributed by atoms with Crippen molar-refractivity contribution in [1.82, 2.24) is 10.2 Å². The van der Waals surface area contributed by atoms with E-state index in [1.807, 2.05) is 0 Å². The molecular formula is C14H30N2O. The number of hydrogen-bond donors (Lipinski definition) is 1. The van der Waals surface area contributed by atoms with Crippen molar-refractivity contribution >= 4 is 0 Å². The normalized spacial score (nSPS) is 27.7. The Balaban J connectivity index is 2.54. The Morgan fingerprint density at radius 1 is 1.35 bits per heavy atom. The molecule has 3 heteroatoms. The van der Waals surface area contributed by atoms with Gasteiger partial charge in [0, 0.05) is 24.7 Å². The van der Waals surface area contributed by atoms with Gasteiger partial charge in [-0.1, -0.05) is 20.8 Å². The molecule has 0 spiro atoms. The second kappa shape index (κ2) is 7.34. The SMILES string of the molecule is CCNC1CCOCC1N(C)C(C)CC(C)C. The molecule has 1 aliphatic rings. The van der Waals surface area contributed by atoms with Gasteiger partial charge < -0.3 is 10.1 Å². The third-order valence-electron chi connectivity index (χ3n) is 3.82. The third-order valence-corrected chi connectivity index (χ3v) is 3.82. The molecule has 0 bridgehead atoms. The first-order chi connectivity index (χ1) is 8.06. The van der Waals surface area contributed by atoms with Gasteiger partial charge in [0.25, 0.3) is 0 Å². The second-order valence-electron chi connectivity index (χ2n) is 5.74. The van der Waals surface area contributed by atoms with Gasteiger partial charge in [-0.05, 0) is 39.3 Å². The lowest BCUT2D eigenvalue weighted by Gasteiger charge is -2.41. The van der Waals surface area contributed by atoms with Crippen LogP contribution >= 0.6 is 0 Å². The molecule has 3 nitrogen and oxygen atoms in total. The molecule has 1 rings (SSSR count). The van der Waals surface area contributed by atoms with Gasteiger partial charge in [-0.25, -0.2) is 0 Å². The minimum Gasteiger partial charge on any atom is -0.380 e. The summed E-state index contributed by atoms with van der Waals surface area (Å²) >= 11 is 0. The van der Waals surface area contributed by atoms with Crippen molar-refractivity contribution in [3.63, 3.8) is 0 Å².